The Morgan fingerprint density at radius 3 is 2.73 bits per heavy atom. The second-order valence-corrected chi connectivity index (χ2v) is 8.94. The number of aliphatic imine (C=N–C) groups is 1. The fraction of sp³-hybridized carbons (Fsp3) is 0.471. The summed E-state index contributed by atoms with van der Waals surface area (Å²) in [6.07, 6.45) is 0.0148. The van der Waals surface area contributed by atoms with Crippen molar-refractivity contribution in [2.45, 2.75) is 19.4 Å². The average Bonchev–Trinajstić information content (AvgIpc) is 3.08. The molecule has 0 fully saturated rings. The number of thiophene rings is 1. The Morgan fingerprint density at radius 2 is 2.04 bits per heavy atom. The Kier molecular flexibility index (Phi) is 7.83. The van der Waals surface area contributed by atoms with Crippen molar-refractivity contribution < 1.29 is 13.5 Å². The fourth-order valence-electron chi connectivity index (χ4n) is 2.31. The zero-order valence-electron chi connectivity index (χ0n) is 15.0. The third kappa shape index (κ3) is 6.24. The number of benzene rings is 1. The molecule has 2 rings (SSSR count). The largest absolute Gasteiger partial charge is 0.386 e. The second-order valence-electron chi connectivity index (χ2n) is 5.73. The highest BCUT2D eigenvalue weighted by Crippen LogP contribution is 2.29. The van der Waals surface area contributed by atoms with Crippen LogP contribution < -0.4 is 15.4 Å². The Morgan fingerprint density at radius 1 is 1.27 bits per heavy atom. The van der Waals surface area contributed by atoms with Gasteiger partial charge < -0.3 is 15.7 Å². The van der Waals surface area contributed by atoms with Crippen molar-refractivity contribution in [1.82, 2.24) is 15.4 Å². The number of nitrogens with zero attached hydrogens (tertiary/aromatic N) is 1. The molecule has 0 aliphatic rings. The van der Waals surface area contributed by atoms with Gasteiger partial charge in [0.15, 0.2) is 5.96 Å². The van der Waals surface area contributed by atoms with Crippen LogP contribution >= 0.6 is 11.3 Å². The van der Waals surface area contributed by atoms with E-state index in [2.05, 4.69) is 20.3 Å². The predicted molar refractivity (Wildman–Crippen MR) is 108 cm³/mol. The summed E-state index contributed by atoms with van der Waals surface area (Å²) in [7, 11) is -1.49. The molecule has 1 atom stereocenters. The standard InChI is InChI=1S/C17H26N4O3S2/c1-3-26(23,24)21-10-6-9-19-17(18-2)20-12-14(22)16-11-13-7-4-5-8-15(13)25-16/h4-5,7-8,11,14,21-22H,3,6,9-10,12H2,1-2H3,(H2,18,19,20). The number of fused-ring (bicyclic) bond motifs is 1. The van der Waals surface area contributed by atoms with Crippen LogP contribution in [-0.4, -0.2) is 51.9 Å². The topological polar surface area (TPSA) is 103 Å². The zero-order chi connectivity index (χ0) is 19.0. The van der Waals surface area contributed by atoms with Crippen LogP contribution in [0.4, 0.5) is 0 Å². The van der Waals surface area contributed by atoms with Crippen molar-refractivity contribution in [2.75, 3.05) is 32.4 Å². The minimum Gasteiger partial charge on any atom is -0.386 e. The molecule has 0 bridgehead atoms. The van der Waals surface area contributed by atoms with Gasteiger partial charge in [-0.2, -0.15) is 0 Å². The normalized spacial score (nSPS) is 13.7. The van der Waals surface area contributed by atoms with E-state index in [0.29, 0.717) is 32.0 Å². The molecule has 1 aromatic carbocycles. The summed E-state index contributed by atoms with van der Waals surface area (Å²) in [5.74, 6) is 0.655. The van der Waals surface area contributed by atoms with Gasteiger partial charge in [0.1, 0.15) is 6.10 Å². The lowest BCUT2D eigenvalue weighted by Gasteiger charge is -2.14. The number of hydrogen-bond donors (Lipinski definition) is 4. The highest BCUT2D eigenvalue weighted by Gasteiger charge is 2.12. The molecule has 1 heterocycles. The van der Waals surface area contributed by atoms with Crippen molar-refractivity contribution in [2.24, 2.45) is 4.99 Å². The molecule has 0 radical (unpaired) electrons. The van der Waals surface area contributed by atoms with Gasteiger partial charge in [-0.05, 0) is 30.9 Å². The first kappa shape index (κ1) is 20.6. The number of nitrogens with one attached hydrogen (secondary N) is 3. The van der Waals surface area contributed by atoms with Gasteiger partial charge in [-0.15, -0.1) is 11.3 Å². The monoisotopic (exact) mass is 398 g/mol. The maximum atomic E-state index is 11.3. The molecule has 0 saturated carbocycles. The maximum Gasteiger partial charge on any atom is 0.211 e. The lowest BCUT2D eigenvalue weighted by atomic mass is 10.2. The van der Waals surface area contributed by atoms with Crippen LogP contribution in [0, 0.1) is 0 Å². The summed E-state index contributed by atoms with van der Waals surface area (Å²) in [5, 5.41) is 17.7. The third-order valence-electron chi connectivity index (χ3n) is 3.81. The van der Waals surface area contributed by atoms with E-state index < -0.39 is 16.1 Å². The van der Waals surface area contributed by atoms with Crippen LogP contribution in [0.1, 0.15) is 24.3 Å². The smallest absolute Gasteiger partial charge is 0.211 e. The lowest BCUT2D eigenvalue weighted by molar-refractivity contribution is 0.184. The molecule has 7 nitrogen and oxygen atoms in total. The number of aliphatic hydroxyl groups is 1. The van der Waals surface area contributed by atoms with Gasteiger partial charge in [0.05, 0.1) is 5.75 Å². The summed E-state index contributed by atoms with van der Waals surface area (Å²) in [6.45, 7) is 2.90. The summed E-state index contributed by atoms with van der Waals surface area (Å²) in [5.41, 5.74) is 0. The first-order valence-corrected chi connectivity index (χ1v) is 11.0. The molecule has 1 aromatic heterocycles. The summed E-state index contributed by atoms with van der Waals surface area (Å²) >= 11 is 1.58. The Labute approximate surface area is 158 Å². The molecule has 144 valence electrons. The van der Waals surface area contributed by atoms with E-state index in [9.17, 15) is 13.5 Å². The van der Waals surface area contributed by atoms with Crippen LogP contribution in [-0.2, 0) is 10.0 Å². The Balaban J connectivity index is 1.74. The van der Waals surface area contributed by atoms with Crippen molar-refractivity contribution >= 4 is 37.4 Å². The summed E-state index contributed by atoms with van der Waals surface area (Å²) in [4.78, 5) is 5.01. The molecule has 9 heteroatoms. The molecule has 0 aliphatic carbocycles. The van der Waals surface area contributed by atoms with E-state index in [4.69, 9.17) is 0 Å². The van der Waals surface area contributed by atoms with Gasteiger partial charge in [0.2, 0.25) is 10.0 Å². The van der Waals surface area contributed by atoms with E-state index in [0.717, 1.165) is 15.0 Å². The molecule has 26 heavy (non-hydrogen) atoms. The van der Waals surface area contributed by atoms with Gasteiger partial charge in [-0.1, -0.05) is 18.2 Å². The second kappa shape index (κ2) is 9.86. The molecule has 0 spiro atoms. The highest BCUT2D eigenvalue weighted by molar-refractivity contribution is 7.89. The fourth-order valence-corrected chi connectivity index (χ4v) is 4.02. The van der Waals surface area contributed by atoms with Crippen LogP contribution in [0.3, 0.4) is 0 Å². The Hall–Kier alpha value is -1.68. The minimum atomic E-state index is -3.14. The first-order valence-electron chi connectivity index (χ1n) is 8.53. The third-order valence-corrected chi connectivity index (χ3v) is 6.43. The number of aliphatic hydroxyl groups excluding tert-OH is 1. The summed E-state index contributed by atoms with van der Waals surface area (Å²) < 4.78 is 26.3. The van der Waals surface area contributed by atoms with Gasteiger partial charge in [0.25, 0.3) is 0 Å². The first-order chi connectivity index (χ1) is 12.4. The molecule has 2 aromatic rings. The van der Waals surface area contributed by atoms with Crippen molar-refractivity contribution in [3.8, 4) is 0 Å². The molecular formula is C17H26N4O3S2. The van der Waals surface area contributed by atoms with Crippen LogP contribution in [0.15, 0.2) is 35.3 Å². The van der Waals surface area contributed by atoms with Crippen molar-refractivity contribution in [3.63, 3.8) is 0 Å². The van der Waals surface area contributed by atoms with Crippen molar-refractivity contribution in [1.29, 1.82) is 0 Å². The quantitative estimate of drug-likeness (QED) is 0.291. The molecule has 1 unspecified atom stereocenters. The SMILES string of the molecule is CCS(=O)(=O)NCCCNC(=NC)NCC(O)c1cc2ccccc2s1. The lowest BCUT2D eigenvalue weighted by Crippen LogP contribution is -2.40. The van der Waals surface area contributed by atoms with Gasteiger partial charge >= 0.3 is 0 Å². The van der Waals surface area contributed by atoms with E-state index in [1.807, 2.05) is 30.3 Å². The number of rotatable bonds is 9. The molecule has 4 N–H and O–H groups in total. The van der Waals surface area contributed by atoms with E-state index in [1.54, 1.807) is 25.3 Å². The zero-order valence-corrected chi connectivity index (χ0v) is 16.7. The average molecular weight is 399 g/mol. The molecule has 0 aliphatic heterocycles. The number of sulfonamides is 1. The van der Waals surface area contributed by atoms with Gasteiger partial charge in [0, 0.05) is 36.3 Å². The van der Waals surface area contributed by atoms with E-state index in [1.165, 1.54) is 0 Å². The van der Waals surface area contributed by atoms with Crippen LogP contribution in [0.25, 0.3) is 10.1 Å². The van der Waals surface area contributed by atoms with E-state index in [-0.39, 0.29) is 5.75 Å². The van der Waals surface area contributed by atoms with Crippen LogP contribution in [0.2, 0.25) is 0 Å². The number of guanidine groups is 1. The van der Waals surface area contributed by atoms with Gasteiger partial charge in [-0.3, -0.25) is 4.99 Å². The summed E-state index contributed by atoms with van der Waals surface area (Å²) in [6, 6.07) is 10.0. The predicted octanol–water partition coefficient (Wildman–Crippen LogP) is 1.43. The highest BCUT2D eigenvalue weighted by atomic mass is 32.2. The molecule has 0 saturated heterocycles. The van der Waals surface area contributed by atoms with E-state index >= 15 is 0 Å². The van der Waals surface area contributed by atoms with Gasteiger partial charge in [-0.25, -0.2) is 13.1 Å². The number of hydrogen-bond acceptors (Lipinski definition) is 5. The Bertz CT molecular complexity index is 800. The van der Waals surface area contributed by atoms with Crippen molar-refractivity contribution in [3.05, 3.63) is 35.2 Å². The maximum absolute atomic E-state index is 11.3. The molecule has 0 amide bonds. The molecular weight excluding hydrogens is 372 g/mol. The van der Waals surface area contributed by atoms with Crippen LogP contribution in [0.5, 0.6) is 0 Å². The minimum absolute atomic E-state index is 0.0826.